The van der Waals surface area contributed by atoms with Crippen molar-refractivity contribution < 1.29 is 14.6 Å². The molecule has 0 spiro atoms. The Labute approximate surface area is 105 Å². The van der Waals surface area contributed by atoms with Crippen LogP contribution in [0.4, 0.5) is 0 Å². The van der Waals surface area contributed by atoms with Crippen LogP contribution in [0, 0.1) is 0 Å². The number of carboxylic acid groups (broad SMARTS) is 1. The second-order valence-electron chi connectivity index (χ2n) is 4.02. The van der Waals surface area contributed by atoms with Crippen LogP contribution in [0.25, 0.3) is 0 Å². The highest BCUT2D eigenvalue weighted by molar-refractivity contribution is 6.31. The van der Waals surface area contributed by atoms with Crippen molar-refractivity contribution in [2.75, 3.05) is 13.7 Å². The van der Waals surface area contributed by atoms with Gasteiger partial charge in [-0.1, -0.05) is 17.7 Å². The van der Waals surface area contributed by atoms with E-state index in [9.17, 15) is 9.90 Å². The maximum absolute atomic E-state index is 11.4. The number of rotatable bonds is 5. The lowest BCUT2D eigenvalue weighted by Crippen LogP contribution is -2.35. The van der Waals surface area contributed by atoms with Crippen molar-refractivity contribution in [3.63, 3.8) is 0 Å². The molecule has 0 fully saturated rings. The van der Waals surface area contributed by atoms with E-state index in [4.69, 9.17) is 22.1 Å². The van der Waals surface area contributed by atoms with Gasteiger partial charge in [0.25, 0.3) is 0 Å². The summed E-state index contributed by atoms with van der Waals surface area (Å²) in [6.07, 6.45) is 0.328. The number of aliphatic carboxylic acids is 1. The van der Waals surface area contributed by atoms with Crippen molar-refractivity contribution >= 4 is 17.6 Å². The molecular formula is C12H16ClNO3. The second kappa shape index (κ2) is 5.38. The average Bonchev–Trinajstić information content (AvgIpc) is 2.28. The first-order valence-electron chi connectivity index (χ1n) is 5.23. The summed E-state index contributed by atoms with van der Waals surface area (Å²) >= 11 is 6.09. The highest BCUT2D eigenvalue weighted by Gasteiger charge is 2.36. The molecule has 3 N–H and O–H groups in total. The number of hydrogen-bond acceptors (Lipinski definition) is 3. The van der Waals surface area contributed by atoms with Crippen LogP contribution in [0.15, 0.2) is 18.2 Å². The lowest BCUT2D eigenvalue weighted by atomic mass is 9.79. The molecule has 0 saturated carbocycles. The third-order valence-electron chi connectivity index (χ3n) is 2.89. The van der Waals surface area contributed by atoms with Crippen LogP contribution in [0.3, 0.4) is 0 Å². The summed E-state index contributed by atoms with van der Waals surface area (Å²) in [6.45, 7) is 1.90. The standard InChI is InChI=1S/C12H16ClNO3/c1-12(5-6-14,11(15)16)9-4-3-8(17-2)7-10(9)13/h3-4,7H,5-6,14H2,1-2H3,(H,15,16). The van der Waals surface area contributed by atoms with E-state index in [-0.39, 0.29) is 6.54 Å². The molecule has 0 heterocycles. The molecule has 17 heavy (non-hydrogen) atoms. The fraction of sp³-hybridized carbons (Fsp3) is 0.417. The summed E-state index contributed by atoms with van der Waals surface area (Å²) in [5, 5.41) is 9.70. The molecule has 94 valence electrons. The molecule has 0 aliphatic heterocycles. The van der Waals surface area contributed by atoms with E-state index in [2.05, 4.69) is 0 Å². The summed E-state index contributed by atoms with van der Waals surface area (Å²) in [7, 11) is 1.53. The molecule has 1 atom stereocenters. The van der Waals surface area contributed by atoms with Crippen molar-refractivity contribution in [3.05, 3.63) is 28.8 Å². The van der Waals surface area contributed by atoms with Gasteiger partial charge in [0.2, 0.25) is 0 Å². The molecular weight excluding hydrogens is 242 g/mol. The van der Waals surface area contributed by atoms with E-state index in [1.807, 2.05) is 0 Å². The van der Waals surface area contributed by atoms with Crippen LogP contribution in [0.5, 0.6) is 5.75 Å². The average molecular weight is 258 g/mol. The van der Waals surface area contributed by atoms with Gasteiger partial charge < -0.3 is 15.6 Å². The molecule has 0 aromatic heterocycles. The quantitative estimate of drug-likeness (QED) is 0.847. The highest BCUT2D eigenvalue weighted by Crippen LogP contribution is 2.35. The SMILES string of the molecule is COc1ccc(C(C)(CCN)C(=O)O)c(Cl)c1. The van der Waals surface area contributed by atoms with Gasteiger partial charge in [-0.05, 0) is 37.6 Å². The number of methoxy groups -OCH3 is 1. The first kappa shape index (κ1) is 13.8. The predicted molar refractivity (Wildman–Crippen MR) is 66.7 cm³/mol. The lowest BCUT2D eigenvalue weighted by molar-refractivity contribution is -0.143. The summed E-state index contributed by atoms with van der Waals surface area (Å²) in [5.74, 6) is -0.339. The van der Waals surface area contributed by atoms with E-state index in [0.717, 1.165) is 0 Å². The minimum absolute atomic E-state index is 0.283. The lowest BCUT2D eigenvalue weighted by Gasteiger charge is -2.26. The van der Waals surface area contributed by atoms with Gasteiger partial charge in [0.1, 0.15) is 5.75 Å². The Morgan fingerprint density at radius 3 is 2.65 bits per heavy atom. The van der Waals surface area contributed by atoms with Gasteiger partial charge in [-0.25, -0.2) is 0 Å². The van der Waals surface area contributed by atoms with Crippen LogP contribution in [0.2, 0.25) is 5.02 Å². The molecule has 0 aliphatic rings. The van der Waals surface area contributed by atoms with Crippen LogP contribution in [-0.4, -0.2) is 24.7 Å². The van der Waals surface area contributed by atoms with Crippen molar-refractivity contribution in [1.29, 1.82) is 0 Å². The molecule has 0 bridgehead atoms. The van der Waals surface area contributed by atoms with Gasteiger partial charge in [-0.2, -0.15) is 0 Å². The highest BCUT2D eigenvalue weighted by atomic mass is 35.5. The van der Waals surface area contributed by atoms with E-state index < -0.39 is 11.4 Å². The van der Waals surface area contributed by atoms with Crippen LogP contribution < -0.4 is 10.5 Å². The summed E-state index contributed by atoms with van der Waals surface area (Å²) in [5.41, 5.74) is 4.95. The number of hydrogen-bond donors (Lipinski definition) is 2. The van der Waals surface area contributed by atoms with Gasteiger partial charge in [0.05, 0.1) is 12.5 Å². The van der Waals surface area contributed by atoms with E-state index in [0.29, 0.717) is 22.8 Å². The number of benzene rings is 1. The first-order valence-corrected chi connectivity index (χ1v) is 5.61. The molecule has 1 unspecified atom stereocenters. The van der Waals surface area contributed by atoms with Crippen LogP contribution >= 0.6 is 11.6 Å². The van der Waals surface area contributed by atoms with Crippen molar-refractivity contribution in [2.45, 2.75) is 18.8 Å². The Bertz CT molecular complexity index is 422. The van der Waals surface area contributed by atoms with E-state index in [1.165, 1.54) is 7.11 Å². The molecule has 5 heteroatoms. The van der Waals surface area contributed by atoms with Gasteiger partial charge in [-0.15, -0.1) is 0 Å². The Hall–Kier alpha value is -1.26. The first-order chi connectivity index (χ1) is 7.95. The Kier molecular flexibility index (Phi) is 4.37. The molecule has 0 radical (unpaired) electrons. The zero-order valence-corrected chi connectivity index (χ0v) is 10.6. The summed E-state index contributed by atoms with van der Waals surface area (Å²) in [4.78, 5) is 11.4. The predicted octanol–water partition coefficient (Wildman–Crippen LogP) is 2.04. The van der Waals surface area contributed by atoms with Gasteiger partial charge >= 0.3 is 5.97 Å². The zero-order valence-electron chi connectivity index (χ0n) is 9.87. The third-order valence-corrected chi connectivity index (χ3v) is 3.20. The topological polar surface area (TPSA) is 72.5 Å². The number of carboxylic acids is 1. The molecule has 1 aromatic rings. The Balaban J connectivity index is 3.24. The number of ether oxygens (including phenoxy) is 1. The number of halogens is 1. The van der Waals surface area contributed by atoms with E-state index in [1.54, 1.807) is 25.1 Å². The van der Waals surface area contributed by atoms with Gasteiger partial charge in [0.15, 0.2) is 0 Å². The molecule has 0 saturated heterocycles. The molecule has 0 aliphatic carbocycles. The zero-order chi connectivity index (χ0) is 13.1. The van der Waals surface area contributed by atoms with E-state index >= 15 is 0 Å². The normalized spacial score (nSPS) is 14.1. The second-order valence-corrected chi connectivity index (χ2v) is 4.43. The maximum Gasteiger partial charge on any atom is 0.313 e. The van der Waals surface area contributed by atoms with Crippen LogP contribution in [0.1, 0.15) is 18.9 Å². The van der Waals surface area contributed by atoms with Crippen molar-refractivity contribution in [2.24, 2.45) is 5.73 Å². The maximum atomic E-state index is 11.4. The largest absolute Gasteiger partial charge is 0.497 e. The van der Waals surface area contributed by atoms with Gasteiger partial charge in [-0.3, -0.25) is 4.79 Å². The summed E-state index contributed by atoms with van der Waals surface area (Å²) < 4.78 is 5.03. The van der Waals surface area contributed by atoms with Crippen molar-refractivity contribution in [3.8, 4) is 5.75 Å². The van der Waals surface area contributed by atoms with Crippen LogP contribution in [-0.2, 0) is 10.2 Å². The minimum atomic E-state index is -1.07. The molecule has 4 nitrogen and oxygen atoms in total. The number of carbonyl (C=O) groups is 1. The Morgan fingerprint density at radius 2 is 2.24 bits per heavy atom. The molecule has 0 amide bonds. The smallest absolute Gasteiger partial charge is 0.313 e. The summed E-state index contributed by atoms with van der Waals surface area (Å²) in [6, 6.07) is 4.97. The molecule has 1 aromatic carbocycles. The monoisotopic (exact) mass is 257 g/mol. The fourth-order valence-corrected chi connectivity index (χ4v) is 2.09. The van der Waals surface area contributed by atoms with Gasteiger partial charge in [0, 0.05) is 5.02 Å². The number of nitrogens with two attached hydrogens (primary N) is 1. The Morgan fingerprint density at radius 1 is 1.59 bits per heavy atom. The third kappa shape index (κ3) is 2.70. The minimum Gasteiger partial charge on any atom is -0.497 e. The van der Waals surface area contributed by atoms with Crippen molar-refractivity contribution in [1.82, 2.24) is 0 Å². The fourth-order valence-electron chi connectivity index (χ4n) is 1.72. The molecule has 1 rings (SSSR count).